The van der Waals surface area contributed by atoms with Gasteiger partial charge in [-0.05, 0) is 19.1 Å². The Morgan fingerprint density at radius 2 is 2.00 bits per heavy atom. The zero-order chi connectivity index (χ0) is 10.9. The number of phenolic OH excluding ortho intramolecular Hbond substituents is 1. The van der Waals surface area contributed by atoms with Crippen molar-refractivity contribution in [3.05, 3.63) is 28.3 Å². The number of hydrogen-bond donors (Lipinski definition) is 1. The molecule has 14 heavy (non-hydrogen) atoms. The maximum Gasteiger partial charge on any atom is 0.166 e. The van der Waals surface area contributed by atoms with Crippen LogP contribution in [0.3, 0.4) is 0 Å². The van der Waals surface area contributed by atoms with Gasteiger partial charge in [-0.15, -0.1) is 0 Å². The second-order valence-corrected chi connectivity index (χ2v) is 3.97. The van der Waals surface area contributed by atoms with E-state index in [0.717, 1.165) is 0 Å². The quantitative estimate of drug-likeness (QED) is 0.765. The van der Waals surface area contributed by atoms with Crippen molar-refractivity contribution in [2.75, 3.05) is 0 Å². The standard InChI is InChI=1S/C11H13ClO2/c1-6(2)11(14)8-4-5-9(13)7(3)10(8)12/h4-6,13H,1-3H3. The first-order valence-electron chi connectivity index (χ1n) is 4.47. The highest BCUT2D eigenvalue weighted by Crippen LogP contribution is 2.29. The number of carbonyl (C=O) groups excluding carboxylic acids is 1. The number of rotatable bonds is 2. The molecule has 76 valence electrons. The van der Waals surface area contributed by atoms with Crippen LogP contribution in [0.25, 0.3) is 0 Å². The Balaban J connectivity index is 3.24. The fourth-order valence-electron chi connectivity index (χ4n) is 1.18. The van der Waals surface area contributed by atoms with Gasteiger partial charge < -0.3 is 5.11 Å². The zero-order valence-electron chi connectivity index (χ0n) is 8.47. The molecule has 0 aromatic heterocycles. The summed E-state index contributed by atoms with van der Waals surface area (Å²) < 4.78 is 0. The van der Waals surface area contributed by atoms with E-state index in [1.165, 1.54) is 6.07 Å². The van der Waals surface area contributed by atoms with E-state index in [0.29, 0.717) is 16.1 Å². The van der Waals surface area contributed by atoms with Gasteiger partial charge in [0.05, 0.1) is 5.02 Å². The van der Waals surface area contributed by atoms with Crippen molar-refractivity contribution >= 4 is 17.4 Å². The molecule has 0 bridgehead atoms. The van der Waals surface area contributed by atoms with Gasteiger partial charge in [-0.3, -0.25) is 4.79 Å². The summed E-state index contributed by atoms with van der Waals surface area (Å²) in [7, 11) is 0. The molecule has 0 aliphatic heterocycles. The molecule has 0 aliphatic carbocycles. The Morgan fingerprint density at radius 1 is 1.43 bits per heavy atom. The normalized spacial score (nSPS) is 10.6. The molecule has 0 radical (unpaired) electrons. The first-order valence-corrected chi connectivity index (χ1v) is 4.85. The Bertz CT molecular complexity index is 370. The van der Waals surface area contributed by atoms with Gasteiger partial charge in [0, 0.05) is 17.0 Å². The smallest absolute Gasteiger partial charge is 0.166 e. The third-order valence-electron chi connectivity index (χ3n) is 2.15. The Morgan fingerprint density at radius 3 is 2.50 bits per heavy atom. The molecule has 0 saturated heterocycles. The van der Waals surface area contributed by atoms with E-state index in [-0.39, 0.29) is 17.5 Å². The van der Waals surface area contributed by atoms with Crippen molar-refractivity contribution in [3.63, 3.8) is 0 Å². The minimum Gasteiger partial charge on any atom is -0.508 e. The van der Waals surface area contributed by atoms with Crippen molar-refractivity contribution < 1.29 is 9.90 Å². The highest BCUT2D eigenvalue weighted by atomic mass is 35.5. The van der Waals surface area contributed by atoms with Crippen LogP contribution in [0.15, 0.2) is 12.1 Å². The van der Waals surface area contributed by atoms with Crippen LogP contribution >= 0.6 is 11.6 Å². The summed E-state index contributed by atoms with van der Waals surface area (Å²) in [5.74, 6) is 0.0323. The lowest BCUT2D eigenvalue weighted by molar-refractivity contribution is 0.0939. The van der Waals surface area contributed by atoms with Crippen LogP contribution in [-0.4, -0.2) is 10.9 Å². The average molecular weight is 213 g/mol. The Labute approximate surface area is 88.5 Å². The van der Waals surface area contributed by atoms with Crippen molar-refractivity contribution in [1.82, 2.24) is 0 Å². The zero-order valence-corrected chi connectivity index (χ0v) is 9.22. The number of aromatic hydroxyl groups is 1. The van der Waals surface area contributed by atoms with Crippen LogP contribution in [0.4, 0.5) is 0 Å². The van der Waals surface area contributed by atoms with Crippen LogP contribution in [-0.2, 0) is 0 Å². The van der Waals surface area contributed by atoms with Gasteiger partial charge in [-0.25, -0.2) is 0 Å². The summed E-state index contributed by atoms with van der Waals surface area (Å²) in [5, 5.41) is 9.70. The van der Waals surface area contributed by atoms with Crippen LogP contribution in [0.5, 0.6) is 5.75 Å². The second kappa shape index (κ2) is 4.01. The SMILES string of the molecule is Cc1c(O)ccc(C(=O)C(C)C)c1Cl. The predicted octanol–water partition coefficient (Wildman–Crippen LogP) is 3.19. The highest BCUT2D eigenvalue weighted by Gasteiger charge is 2.16. The summed E-state index contributed by atoms with van der Waals surface area (Å²) in [6.07, 6.45) is 0. The molecule has 0 spiro atoms. The van der Waals surface area contributed by atoms with Gasteiger partial charge in [-0.2, -0.15) is 0 Å². The Hall–Kier alpha value is -1.02. The summed E-state index contributed by atoms with van der Waals surface area (Å²) >= 11 is 5.96. The summed E-state index contributed by atoms with van der Waals surface area (Å²) in [6, 6.07) is 3.06. The molecule has 0 saturated carbocycles. The van der Waals surface area contributed by atoms with Crippen LogP contribution in [0.1, 0.15) is 29.8 Å². The van der Waals surface area contributed by atoms with E-state index in [1.807, 2.05) is 13.8 Å². The van der Waals surface area contributed by atoms with Gasteiger partial charge in [0.15, 0.2) is 5.78 Å². The van der Waals surface area contributed by atoms with E-state index < -0.39 is 0 Å². The minimum absolute atomic E-state index is 0.00176. The third-order valence-corrected chi connectivity index (χ3v) is 2.63. The molecule has 2 nitrogen and oxygen atoms in total. The number of carbonyl (C=O) groups is 1. The van der Waals surface area contributed by atoms with Crippen molar-refractivity contribution in [3.8, 4) is 5.75 Å². The molecule has 0 atom stereocenters. The van der Waals surface area contributed by atoms with E-state index >= 15 is 0 Å². The predicted molar refractivity (Wildman–Crippen MR) is 57.0 cm³/mol. The first kappa shape index (κ1) is 11.1. The molecule has 0 fully saturated rings. The topological polar surface area (TPSA) is 37.3 Å². The number of Topliss-reactive ketones (excluding diaryl/α,β-unsaturated/α-hetero) is 1. The minimum atomic E-state index is -0.0866. The Kier molecular flexibility index (Phi) is 3.17. The van der Waals surface area contributed by atoms with Gasteiger partial charge in [0.2, 0.25) is 0 Å². The van der Waals surface area contributed by atoms with Crippen LogP contribution in [0, 0.1) is 12.8 Å². The van der Waals surface area contributed by atoms with Crippen molar-refractivity contribution in [2.24, 2.45) is 5.92 Å². The molecule has 0 aliphatic rings. The van der Waals surface area contributed by atoms with Crippen LogP contribution < -0.4 is 0 Å². The molecule has 1 rings (SSSR count). The number of halogens is 1. The van der Waals surface area contributed by atoms with Gasteiger partial charge >= 0.3 is 0 Å². The summed E-state index contributed by atoms with van der Waals surface area (Å²) in [4.78, 5) is 11.7. The van der Waals surface area contributed by atoms with Crippen molar-refractivity contribution in [1.29, 1.82) is 0 Å². The number of phenols is 1. The van der Waals surface area contributed by atoms with Crippen molar-refractivity contribution in [2.45, 2.75) is 20.8 Å². The van der Waals surface area contributed by atoms with Gasteiger partial charge in [0.25, 0.3) is 0 Å². The molecule has 1 aromatic rings. The summed E-state index contributed by atoms with van der Waals surface area (Å²) in [5.41, 5.74) is 1.04. The number of benzene rings is 1. The lowest BCUT2D eigenvalue weighted by Gasteiger charge is -2.09. The maximum atomic E-state index is 11.7. The highest BCUT2D eigenvalue weighted by molar-refractivity contribution is 6.35. The fraction of sp³-hybridized carbons (Fsp3) is 0.364. The molecule has 0 heterocycles. The fourth-order valence-corrected chi connectivity index (χ4v) is 1.43. The van der Waals surface area contributed by atoms with E-state index in [2.05, 4.69) is 0 Å². The monoisotopic (exact) mass is 212 g/mol. The van der Waals surface area contributed by atoms with Crippen LogP contribution in [0.2, 0.25) is 5.02 Å². The van der Waals surface area contributed by atoms with Gasteiger partial charge in [-0.1, -0.05) is 25.4 Å². The first-order chi connectivity index (χ1) is 6.45. The largest absolute Gasteiger partial charge is 0.508 e. The number of ketones is 1. The third kappa shape index (κ3) is 1.90. The van der Waals surface area contributed by atoms with E-state index in [1.54, 1.807) is 13.0 Å². The van der Waals surface area contributed by atoms with Gasteiger partial charge in [0.1, 0.15) is 5.75 Å². The maximum absolute atomic E-state index is 11.7. The molecule has 3 heteroatoms. The second-order valence-electron chi connectivity index (χ2n) is 3.59. The van der Waals surface area contributed by atoms with E-state index in [4.69, 9.17) is 11.6 Å². The molecule has 1 aromatic carbocycles. The number of hydrogen-bond acceptors (Lipinski definition) is 2. The lowest BCUT2D eigenvalue weighted by atomic mass is 9.99. The molecule has 0 unspecified atom stereocenters. The molecular formula is C11H13ClO2. The van der Waals surface area contributed by atoms with E-state index in [9.17, 15) is 9.90 Å². The molecular weight excluding hydrogens is 200 g/mol. The summed E-state index contributed by atoms with van der Waals surface area (Å²) in [6.45, 7) is 5.33. The average Bonchev–Trinajstić information content (AvgIpc) is 2.13. The molecule has 1 N–H and O–H groups in total. The molecule has 0 amide bonds. The lowest BCUT2D eigenvalue weighted by Crippen LogP contribution is -2.08.